The van der Waals surface area contributed by atoms with Crippen molar-refractivity contribution in [3.63, 3.8) is 0 Å². The van der Waals surface area contributed by atoms with Gasteiger partial charge in [-0.1, -0.05) is 0 Å². The average Bonchev–Trinajstić information content (AvgIpc) is 2.93. The second-order valence-electron chi connectivity index (χ2n) is 4.19. The molecule has 1 unspecified atom stereocenters. The van der Waals surface area contributed by atoms with E-state index in [0.29, 0.717) is 0 Å². The van der Waals surface area contributed by atoms with Gasteiger partial charge in [-0.3, -0.25) is 4.68 Å². The summed E-state index contributed by atoms with van der Waals surface area (Å²) >= 11 is 1.59. The molecule has 0 spiro atoms. The van der Waals surface area contributed by atoms with Gasteiger partial charge < -0.3 is 5.73 Å². The van der Waals surface area contributed by atoms with Gasteiger partial charge in [0.15, 0.2) is 0 Å². The Kier molecular flexibility index (Phi) is 2.65. The Labute approximate surface area is 108 Å². The Bertz CT molecular complexity index is 701. The summed E-state index contributed by atoms with van der Waals surface area (Å²) < 4.78 is 15.9. The van der Waals surface area contributed by atoms with Gasteiger partial charge in [0.1, 0.15) is 5.82 Å². The Hall–Kier alpha value is -1.72. The largest absolute Gasteiger partial charge is 0.318 e. The number of hydrogen-bond donors (Lipinski definition) is 1. The smallest absolute Gasteiger partial charge is 0.123 e. The minimum atomic E-state index is -0.224. The minimum Gasteiger partial charge on any atom is -0.318 e. The van der Waals surface area contributed by atoms with Crippen LogP contribution in [0, 0.1) is 5.82 Å². The number of fused-ring (bicyclic) bond motifs is 1. The summed E-state index contributed by atoms with van der Waals surface area (Å²) in [4.78, 5) is 1.01. The van der Waals surface area contributed by atoms with Crippen LogP contribution in [-0.2, 0) is 7.05 Å². The standard InChI is InChI=1S/C13H12FN3S/c1-17-10(4-5-16-17)13(15)12-7-8-6-9(14)2-3-11(8)18-12/h2-7,13H,15H2,1H3. The molecule has 0 radical (unpaired) electrons. The first-order chi connectivity index (χ1) is 8.65. The highest BCUT2D eigenvalue weighted by molar-refractivity contribution is 7.19. The van der Waals surface area contributed by atoms with Gasteiger partial charge in [-0.2, -0.15) is 5.10 Å². The van der Waals surface area contributed by atoms with E-state index in [0.717, 1.165) is 20.7 Å². The monoisotopic (exact) mass is 261 g/mol. The molecule has 92 valence electrons. The van der Waals surface area contributed by atoms with Gasteiger partial charge >= 0.3 is 0 Å². The molecule has 1 atom stereocenters. The van der Waals surface area contributed by atoms with Crippen molar-refractivity contribution in [2.24, 2.45) is 12.8 Å². The molecule has 18 heavy (non-hydrogen) atoms. The van der Waals surface area contributed by atoms with Crippen LogP contribution >= 0.6 is 11.3 Å². The van der Waals surface area contributed by atoms with E-state index >= 15 is 0 Å². The Balaban J connectivity index is 2.07. The topological polar surface area (TPSA) is 43.8 Å². The van der Waals surface area contributed by atoms with Crippen molar-refractivity contribution in [3.05, 3.63) is 52.9 Å². The lowest BCUT2D eigenvalue weighted by Gasteiger charge is -2.09. The molecule has 0 bridgehead atoms. The number of halogens is 1. The fourth-order valence-corrected chi connectivity index (χ4v) is 3.08. The third kappa shape index (κ3) is 1.81. The van der Waals surface area contributed by atoms with Crippen LogP contribution in [0.3, 0.4) is 0 Å². The third-order valence-corrected chi connectivity index (χ3v) is 4.18. The van der Waals surface area contributed by atoms with Crippen molar-refractivity contribution in [2.45, 2.75) is 6.04 Å². The van der Waals surface area contributed by atoms with Crippen LogP contribution in [0.15, 0.2) is 36.5 Å². The molecule has 1 aromatic carbocycles. The first kappa shape index (κ1) is 11.4. The highest BCUT2D eigenvalue weighted by Crippen LogP contribution is 2.32. The molecule has 0 aliphatic rings. The molecule has 5 heteroatoms. The molecule has 0 aliphatic carbocycles. The van der Waals surface area contributed by atoms with Crippen LogP contribution in [0.5, 0.6) is 0 Å². The predicted octanol–water partition coefficient (Wildman–Crippen LogP) is 2.82. The van der Waals surface area contributed by atoms with Crippen molar-refractivity contribution >= 4 is 21.4 Å². The SMILES string of the molecule is Cn1nccc1C(N)c1cc2cc(F)ccc2s1. The van der Waals surface area contributed by atoms with Crippen LogP contribution in [0.4, 0.5) is 4.39 Å². The molecular weight excluding hydrogens is 249 g/mol. The molecule has 2 heterocycles. The molecule has 3 rings (SSSR count). The summed E-state index contributed by atoms with van der Waals surface area (Å²) in [5.41, 5.74) is 7.17. The first-order valence-corrected chi connectivity index (χ1v) is 6.39. The summed E-state index contributed by atoms with van der Waals surface area (Å²) in [6, 6.07) is 8.41. The summed E-state index contributed by atoms with van der Waals surface area (Å²) in [5.74, 6) is -0.221. The summed E-state index contributed by atoms with van der Waals surface area (Å²) in [6.07, 6.45) is 1.72. The van der Waals surface area contributed by atoms with E-state index in [1.165, 1.54) is 12.1 Å². The van der Waals surface area contributed by atoms with Gasteiger partial charge in [-0.05, 0) is 35.7 Å². The van der Waals surface area contributed by atoms with Crippen LogP contribution < -0.4 is 5.73 Å². The molecule has 0 aliphatic heterocycles. The zero-order valence-corrected chi connectivity index (χ0v) is 10.6. The number of nitrogens with two attached hydrogens (primary N) is 1. The summed E-state index contributed by atoms with van der Waals surface area (Å²) in [6.45, 7) is 0. The molecule has 0 amide bonds. The summed E-state index contributed by atoms with van der Waals surface area (Å²) in [7, 11) is 1.86. The number of aromatic nitrogens is 2. The zero-order chi connectivity index (χ0) is 12.7. The second kappa shape index (κ2) is 4.19. The van der Waals surface area contributed by atoms with Gasteiger partial charge in [0.05, 0.1) is 11.7 Å². The van der Waals surface area contributed by atoms with Crippen molar-refractivity contribution in [1.29, 1.82) is 0 Å². The van der Waals surface area contributed by atoms with Crippen molar-refractivity contribution < 1.29 is 4.39 Å². The lowest BCUT2D eigenvalue weighted by molar-refractivity contribution is 0.630. The maximum absolute atomic E-state index is 13.1. The quantitative estimate of drug-likeness (QED) is 0.771. The first-order valence-electron chi connectivity index (χ1n) is 5.57. The third-order valence-electron chi connectivity index (χ3n) is 2.98. The highest BCUT2D eigenvalue weighted by atomic mass is 32.1. The van der Waals surface area contributed by atoms with Crippen LogP contribution in [-0.4, -0.2) is 9.78 Å². The van der Waals surface area contributed by atoms with Crippen molar-refractivity contribution in [2.75, 3.05) is 0 Å². The van der Waals surface area contributed by atoms with E-state index in [1.54, 1.807) is 28.3 Å². The predicted molar refractivity (Wildman–Crippen MR) is 71.0 cm³/mol. The number of benzene rings is 1. The molecule has 0 saturated carbocycles. The maximum atomic E-state index is 13.1. The molecular formula is C13H12FN3S. The fraction of sp³-hybridized carbons (Fsp3) is 0.154. The normalized spacial score (nSPS) is 13.1. The number of thiophene rings is 1. The lowest BCUT2D eigenvalue weighted by Crippen LogP contribution is -2.14. The van der Waals surface area contributed by atoms with Crippen LogP contribution in [0.25, 0.3) is 10.1 Å². The van der Waals surface area contributed by atoms with Gasteiger partial charge in [-0.25, -0.2) is 4.39 Å². The molecule has 0 fully saturated rings. The average molecular weight is 261 g/mol. The molecule has 3 aromatic rings. The summed E-state index contributed by atoms with van der Waals surface area (Å²) in [5, 5.41) is 5.01. The van der Waals surface area contributed by atoms with Crippen LogP contribution in [0.1, 0.15) is 16.6 Å². The molecule has 2 aromatic heterocycles. The number of rotatable bonds is 2. The fourth-order valence-electron chi connectivity index (χ4n) is 2.02. The molecule has 0 saturated heterocycles. The Morgan fingerprint density at radius 3 is 2.89 bits per heavy atom. The number of hydrogen-bond acceptors (Lipinski definition) is 3. The maximum Gasteiger partial charge on any atom is 0.123 e. The Morgan fingerprint density at radius 1 is 1.33 bits per heavy atom. The van der Waals surface area contributed by atoms with E-state index < -0.39 is 0 Å². The number of aryl methyl sites for hydroxylation is 1. The molecule has 3 nitrogen and oxygen atoms in total. The van der Waals surface area contributed by atoms with E-state index in [2.05, 4.69) is 5.10 Å². The van der Waals surface area contributed by atoms with Gasteiger partial charge in [0.25, 0.3) is 0 Å². The number of nitrogens with zero attached hydrogens (tertiary/aromatic N) is 2. The molecule has 2 N–H and O–H groups in total. The zero-order valence-electron chi connectivity index (χ0n) is 9.80. The highest BCUT2D eigenvalue weighted by Gasteiger charge is 2.15. The van der Waals surface area contributed by atoms with E-state index in [1.807, 2.05) is 19.2 Å². The van der Waals surface area contributed by atoms with Crippen molar-refractivity contribution in [1.82, 2.24) is 9.78 Å². The Morgan fingerprint density at radius 2 is 2.17 bits per heavy atom. The van der Waals surface area contributed by atoms with Crippen molar-refractivity contribution in [3.8, 4) is 0 Å². The van der Waals surface area contributed by atoms with Crippen LogP contribution in [0.2, 0.25) is 0 Å². The van der Waals surface area contributed by atoms with Gasteiger partial charge in [-0.15, -0.1) is 11.3 Å². The van der Waals surface area contributed by atoms with E-state index in [4.69, 9.17) is 5.73 Å². The van der Waals surface area contributed by atoms with E-state index in [-0.39, 0.29) is 11.9 Å². The van der Waals surface area contributed by atoms with Gasteiger partial charge in [0.2, 0.25) is 0 Å². The lowest BCUT2D eigenvalue weighted by atomic mass is 10.1. The second-order valence-corrected chi connectivity index (χ2v) is 5.30. The van der Waals surface area contributed by atoms with E-state index in [9.17, 15) is 4.39 Å². The van der Waals surface area contributed by atoms with Gasteiger partial charge in [0, 0.05) is 22.8 Å². The minimum absolute atomic E-state index is 0.221.